The van der Waals surface area contributed by atoms with E-state index in [-0.39, 0.29) is 5.92 Å². The highest BCUT2D eigenvalue weighted by Gasteiger charge is 2.37. The second kappa shape index (κ2) is 5.72. The third kappa shape index (κ3) is 2.79. The minimum absolute atomic E-state index is 0.247. The monoisotopic (exact) mass is 234 g/mol. The third-order valence-electron chi connectivity index (χ3n) is 2.86. The van der Waals surface area contributed by atoms with Gasteiger partial charge >= 0.3 is 0 Å². The molecule has 6 N–H and O–H groups in total. The quantitative estimate of drug-likeness (QED) is 0.279. The number of rotatable bonds is 6. The van der Waals surface area contributed by atoms with E-state index in [1.54, 1.807) is 6.08 Å². The van der Waals surface area contributed by atoms with Gasteiger partial charge in [0.2, 0.25) is 0 Å². The van der Waals surface area contributed by atoms with Crippen LogP contribution in [0.5, 0.6) is 0 Å². The molecule has 0 spiro atoms. The summed E-state index contributed by atoms with van der Waals surface area (Å²) in [4.78, 5) is 0. The zero-order valence-electron chi connectivity index (χ0n) is 8.72. The predicted molar refractivity (Wildman–Crippen MR) is 54.4 cm³/mol. The maximum atomic E-state index is 9.59. The summed E-state index contributed by atoms with van der Waals surface area (Å²) in [6, 6.07) is 0. The van der Waals surface area contributed by atoms with Gasteiger partial charge in [0.1, 0.15) is 24.4 Å². The normalized spacial score (nSPS) is 29.0. The molecule has 0 fully saturated rings. The molecule has 0 bridgehead atoms. The Balaban J connectivity index is 2.51. The van der Waals surface area contributed by atoms with E-state index in [2.05, 4.69) is 0 Å². The molecular formula is C10H18O6. The Morgan fingerprint density at radius 2 is 1.56 bits per heavy atom. The maximum absolute atomic E-state index is 9.59. The van der Waals surface area contributed by atoms with Crippen molar-refractivity contribution in [3.63, 3.8) is 0 Å². The van der Waals surface area contributed by atoms with Gasteiger partial charge in [0, 0.05) is 5.92 Å². The van der Waals surface area contributed by atoms with Crippen molar-refractivity contribution in [3.05, 3.63) is 12.2 Å². The first-order valence-electron chi connectivity index (χ1n) is 5.17. The summed E-state index contributed by atoms with van der Waals surface area (Å²) in [5, 5.41) is 55.6. The molecule has 16 heavy (non-hydrogen) atoms. The van der Waals surface area contributed by atoms with Crippen molar-refractivity contribution in [3.8, 4) is 0 Å². The van der Waals surface area contributed by atoms with Crippen molar-refractivity contribution >= 4 is 0 Å². The van der Waals surface area contributed by atoms with E-state index in [9.17, 15) is 20.4 Å². The van der Waals surface area contributed by atoms with E-state index >= 15 is 0 Å². The third-order valence-corrected chi connectivity index (χ3v) is 2.86. The van der Waals surface area contributed by atoms with E-state index in [0.29, 0.717) is 6.42 Å². The Morgan fingerprint density at radius 3 is 1.94 bits per heavy atom. The van der Waals surface area contributed by atoms with E-state index in [1.807, 2.05) is 6.08 Å². The molecule has 0 saturated heterocycles. The number of aliphatic hydroxyl groups is 6. The number of hydrogen-bond donors (Lipinski definition) is 6. The average Bonchev–Trinajstić information content (AvgIpc) is 2.22. The van der Waals surface area contributed by atoms with Gasteiger partial charge in [0.25, 0.3) is 0 Å². The van der Waals surface area contributed by atoms with Crippen molar-refractivity contribution in [2.24, 2.45) is 5.92 Å². The van der Waals surface area contributed by atoms with Crippen LogP contribution in [0.15, 0.2) is 12.2 Å². The smallest absolute Gasteiger partial charge is 0.111 e. The lowest BCUT2D eigenvalue weighted by Gasteiger charge is -2.33. The van der Waals surface area contributed by atoms with E-state index in [1.165, 1.54) is 0 Å². The summed E-state index contributed by atoms with van der Waals surface area (Å²) < 4.78 is 0. The highest BCUT2D eigenvalue weighted by molar-refractivity contribution is 5.07. The van der Waals surface area contributed by atoms with E-state index in [4.69, 9.17) is 10.2 Å². The molecule has 0 aromatic rings. The molecule has 0 radical (unpaired) electrons. The van der Waals surface area contributed by atoms with Crippen molar-refractivity contribution < 1.29 is 30.6 Å². The molecule has 0 amide bonds. The highest BCUT2D eigenvalue weighted by Crippen LogP contribution is 2.24. The Morgan fingerprint density at radius 1 is 1.00 bits per heavy atom. The fraction of sp³-hybridized carbons (Fsp3) is 0.800. The summed E-state index contributed by atoms with van der Waals surface area (Å²) in [5.41, 5.74) is 0. The van der Waals surface area contributed by atoms with Gasteiger partial charge in [0.05, 0.1) is 12.7 Å². The minimum Gasteiger partial charge on any atom is -0.394 e. The second-order valence-electron chi connectivity index (χ2n) is 4.04. The molecule has 0 aromatic heterocycles. The largest absolute Gasteiger partial charge is 0.394 e. The van der Waals surface area contributed by atoms with Crippen LogP contribution in [0.3, 0.4) is 0 Å². The predicted octanol–water partition coefficient (Wildman–Crippen LogP) is -2.64. The van der Waals surface area contributed by atoms with Crippen molar-refractivity contribution in [1.82, 2.24) is 0 Å². The van der Waals surface area contributed by atoms with Crippen LogP contribution in [0.1, 0.15) is 6.42 Å². The zero-order valence-corrected chi connectivity index (χ0v) is 8.72. The van der Waals surface area contributed by atoms with Crippen LogP contribution in [0.25, 0.3) is 0 Å². The summed E-state index contributed by atoms with van der Waals surface area (Å²) in [6.07, 6.45) is -3.60. The first-order chi connectivity index (χ1) is 7.49. The summed E-state index contributed by atoms with van der Waals surface area (Å²) in [7, 11) is 0. The van der Waals surface area contributed by atoms with Crippen LogP contribution in [-0.2, 0) is 0 Å². The maximum Gasteiger partial charge on any atom is 0.111 e. The van der Waals surface area contributed by atoms with Gasteiger partial charge in [-0.15, -0.1) is 0 Å². The number of hydrogen-bond acceptors (Lipinski definition) is 6. The van der Waals surface area contributed by atoms with Crippen molar-refractivity contribution in [2.75, 3.05) is 6.61 Å². The van der Waals surface area contributed by atoms with Gasteiger partial charge in [-0.25, -0.2) is 0 Å². The molecule has 0 aromatic carbocycles. The molecule has 1 aliphatic carbocycles. The standard InChI is InChI=1S/C10H18O6/c11-4-6(12)8(14)10(16)9(15)7(13)5-2-1-3-5/h1-2,5-16H,3-4H2. The Labute approximate surface area is 93.1 Å². The average molecular weight is 234 g/mol. The van der Waals surface area contributed by atoms with E-state index in [0.717, 1.165) is 0 Å². The molecule has 1 aliphatic rings. The molecule has 6 nitrogen and oxygen atoms in total. The van der Waals surface area contributed by atoms with Crippen LogP contribution in [0, 0.1) is 5.92 Å². The minimum atomic E-state index is -1.70. The highest BCUT2D eigenvalue weighted by atomic mass is 16.4. The molecule has 0 aliphatic heterocycles. The molecule has 1 rings (SSSR count). The molecule has 0 heterocycles. The lowest BCUT2D eigenvalue weighted by Crippen LogP contribution is -2.51. The molecule has 6 unspecified atom stereocenters. The molecule has 0 saturated carbocycles. The van der Waals surface area contributed by atoms with Crippen LogP contribution in [-0.4, -0.2) is 67.8 Å². The SMILES string of the molecule is OCC(O)C(O)C(O)C(O)C(O)C1C=CC1. The lowest BCUT2D eigenvalue weighted by molar-refractivity contribution is -0.146. The fourth-order valence-corrected chi connectivity index (χ4v) is 1.54. The van der Waals surface area contributed by atoms with Gasteiger partial charge in [-0.3, -0.25) is 0 Å². The van der Waals surface area contributed by atoms with Crippen LogP contribution < -0.4 is 0 Å². The Kier molecular flexibility index (Phi) is 4.85. The molecule has 6 heteroatoms. The molecule has 94 valence electrons. The van der Waals surface area contributed by atoms with Crippen LogP contribution in [0.2, 0.25) is 0 Å². The van der Waals surface area contributed by atoms with Crippen LogP contribution >= 0.6 is 0 Å². The molecule has 6 atom stereocenters. The number of allylic oxidation sites excluding steroid dienone is 1. The lowest BCUT2D eigenvalue weighted by atomic mass is 9.84. The van der Waals surface area contributed by atoms with Crippen molar-refractivity contribution in [2.45, 2.75) is 36.9 Å². The van der Waals surface area contributed by atoms with Crippen LogP contribution in [0.4, 0.5) is 0 Å². The molecular weight excluding hydrogens is 216 g/mol. The van der Waals surface area contributed by atoms with Gasteiger partial charge in [-0.2, -0.15) is 0 Å². The van der Waals surface area contributed by atoms with Crippen molar-refractivity contribution in [1.29, 1.82) is 0 Å². The summed E-state index contributed by atoms with van der Waals surface area (Å²) in [5.74, 6) is -0.247. The second-order valence-corrected chi connectivity index (χ2v) is 4.04. The summed E-state index contributed by atoms with van der Waals surface area (Å²) in [6.45, 7) is -0.732. The first-order valence-corrected chi connectivity index (χ1v) is 5.17. The van der Waals surface area contributed by atoms with Gasteiger partial charge in [-0.05, 0) is 6.42 Å². The van der Waals surface area contributed by atoms with Gasteiger partial charge in [0.15, 0.2) is 0 Å². The topological polar surface area (TPSA) is 121 Å². The zero-order chi connectivity index (χ0) is 12.3. The van der Waals surface area contributed by atoms with E-state index < -0.39 is 37.1 Å². The van der Waals surface area contributed by atoms with Gasteiger partial charge < -0.3 is 30.6 Å². The fourth-order valence-electron chi connectivity index (χ4n) is 1.54. The number of aliphatic hydroxyl groups excluding tert-OH is 6. The van der Waals surface area contributed by atoms with Gasteiger partial charge in [-0.1, -0.05) is 12.2 Å². The Hall–Kier alpha value is -0.500. The Bertz CT molecular complexity index is 243. The summed E-state index contributed by atoms with van der Waals surface area (Å²) >= 11 is 0. The first kappa shape index (κ1) is 13.6.